The topological polar surface area (TPSA) is 65.7 Å². The second kappa shape index (κ2) is 7.66. The van der Waals surface area contributed by atoms with Gasteiger partial charge in [-0.05, 0) is 45.4 Å². The highest BCUT2D eigenvalue weighted by Crippen LogP contribution is 2.32. The Labute approximate surface area is 157 Å². The first-order valence-electron chi connectivity index (χ1n) is 8.88. The average molecular weight is 366 g/mol. The third-order valence-corrected chi connectivity index (χ3v) is 4.23. The summed E-state index contributed by atoms with van der Waals surface area (Å²) < 4.78 is 16.8. The summed E-state index contributed by atoms with van der Waals surface area (Å²) in [5.41, 5.74) is 2.93. The molecule has 0 aliphatic carbocycles. The van der Waals surface area contributed by atoms with E-state index in [1.54, 1.807) is 19.9 Å². The molecule has 5 nitrogen and oxygen atoms in total. The van der Waals surface area contributed by atoms with Gasteiger partial charge in [-0.15, -0.1) is 0 Å². The van der Waals surface area contributed by atoms with Crippen molar-refractivity contribution in [3.8, 4) is 17.1 Å². The van der Waals surface area contributed by atoms with Crippen LogP contribution < -0.4 is 10.2 Å². The molecule has 1 atom stereocenters. The van der Waals surface area contributed by atoms with Gasteiger partial charge < -0.3 is 13.9 Å². The Hall–Kier alpha value is -3.08. The Morgan fingerprint density at radius 2 is 1.74 bits per heavy atom. The molecule has 0 bridgehead atoms. The summed E-state index contributed by atoms with van der Waals surface area (Å²) >= 11 is 0. The molecule has 140 valence electrons. The van der Waals surface area contributed by atoms with E-state index in [1.807, 2.05) is 50.2 Å². The number of carbonyl (C=O) groups is 1. The highest BCUT2D eigenvalue weighted by atomic mass is 16.6. The van der Waals surface area contributed by atoms with Gasteiger partial charge >= 0.3 is 5.97 Å². The molecule has 0 N–H and O–H groups in total. The van der Waals surface area contributed by atoms with Crippen molar-refractivity contribution in [2.75, 3.05) is 6.61 Å². The fraction of sp³-hybridized carbons (Fsp3) is 0.273. The van der Waals surface area contributed by atoms with Gasteiger partial charge in [0.1, 0.15) is 5.58 Å². The quantitative estimate of drug-likeness (QED) is 0.626. The minimum atomic E-state index is -0.931. The molecule has 1 heterocycles. The summed E-state index contributed by atoms with van der Waals surface area (Å²) in [5.74, 6) is -0.222. The summed E-state index contributed by atoms with van der Waals surface area (Å²) in [6.07, 6.45) is -0.931. The van der Waals surface area contributed by atoms with Gasteiger partial charge in [-0.3, -0.25) is 4.79 Å². The number of esters is 1. The van der Waals surface area contributed by atoms with Crippen LogP contribution in [0, 0.1) is 13.8 Å². The van der Waals surface area contributed by atoms with Crippen LogP contribution in [0.5, 0.6) is 5.75 Å². The maximum absolute atomic E-state index is 13.1. The number of aryl methyl sites for hydroxylation is 2. The van der Waals surface area contributed by atoms with Gasteiger partial charge in [-0.25, -0.2) is 4.79 Å². The van der Waals surface area contributed by atoms with Crippen LogP contribution in [0.3, 0.4) is 0 Å². The normalized spacial score (nSPS) is 12.0. The van der Waals surface area contributed by atoms with Gasteiger partial charge in [0.2, 0.25) is 11.2 Å². The average Bonchev–Trinajstić information content (AvgIpc) is 2.64. The van der Waals surface area contributed by atoms with Crippen LogP contribution in [-0.2, 0) is 9.53 Å². The standard InChI is InChI=1S/C22H22O5/c1-5-25-22(24)15(4)26-21-19(23)17-11-8-14(3)12-18(17)27-20(21)16-9-6-13(2)7-10-16/h6-12,15H,5H2,1-4H3/t15-/m0/s1. The molecule has 0 saturated carbocycles. The summed E-state index contributed by atoms with van der Waals surface area (Å²) in [5, 5.41) is 0.405. The molecular weight excluding hydrogens is 344 g/mol. The second-order valence-corrected chi connectivity index (χ2v) is 6.47. The van der Waals surface area contributed by atoms with Crippen molar-refractivity contribution in [1.82, 2.24) is 0 Å². The van der Waals surface area contributed by atoms with Crippen molar-refractivity contribution in [3.05, 3.63) is 63.8 Å². The monoisotopic (exact) mass is 366 g/mol. The smallest absolute Gasteiger partial charge is 0.347 e. The summed E-state index contributed by atoms with van der Waals surface area (Å²) in [6, 6.07) is 12.9. The Bertz CT molecular complexity index is 1030. The predicted molar refractivity (Wildman–Crippen MR) is 104 cm³/mol. The molecule has 0 amide bonds. The van der Waals surface area contributed by atoms with Crippen molar-refractivity contribution in [2.45, 2.75) is 33.8 Å². The number of hydrogen-bond donors (Lipinski definition) is 0. The highest BCUT2D eigenvalue weighted by molar-refractivity contribution is 5.83. The molecule has 5 heteroatoms. The fourth-order valence-corrected chi connectivity index (χ4v) is 2.77. The SMILES string of the molecule is CCOC(=O)[C@H](C)Oc1c(-c2ccc(C)cc2)oc2cc(C)ccc2c1=O. The van der Waals surface area contributed by atoms with Gasteiger partial charge in [0.15, 0.2) is 11.9 Å². The zero-order valence-corrected chi connectivity index (χ0v) is 15.9. The third kappa shape index (κ3) is 3.87. The van der Waals surface area contributed by atoms with Gasteiger partial charge in [-0.2, -0.15) is 0 Å². The van der Waals surface area contributed by atoms with E-state index in [9.17, 15) is 9.59 Å². The molecule has 27 heavy (non-hydrogen) atoms. The lowest BCUT2D eigenvalue weighted by Gasteiger charge is -2.16. The van der Waals surface area contributed by atoms with Crippen LogP contribution in [0.2, 0.25) is 0 Å². The van der Waals surface area contributed by atoms with Gasteiger partial charge in [0, 0.05) is 5.56 Å². The first-order valence-corrected chi connectivity index (χ1v) is 8.88. The maximum Gasteiger partial charge on any atom is 0.347 e. The molecule has 0 aliphatic heterocycles. The van der Waals surface area contributed by atoms with Crippen molar-refractivity contribution >= 4 is 16.9 Å². The lowest BCUT2D eigenvalue weighted by molar-refractivity contribution is -0.150. The molecule has 0 fully saturated rings. The highest BCUT2D eigenvalue weighted by Gasteiger charge is 2.23. The largest absolute Gasteiger partial charge is 0.471 e. The van der Waals surface area contributed by atoms with E-state index < -0.39 is 12.1 Å². The maximum atomic E-state index is 13.1. The van der Waals surface area contributed by atoms with Crippen LogP contribution >= 0.6 is 0 Å². The van der Waals surface area contributed by atoms with Crippen molar-refractivity contribution in [2.24, 2.45) is 0 Å². The van der Waals surface area contributed by atoms with Crippen LogP contribution in [0.4, 0.5) is 0 Å². The zero-order chi connectivity index (χ0) is 19.6. The Morgan fingerprint density at radius 3 is 2.41 bits per heavy atom. The number of benzene rings is 2. The minimum Gasteiger partial charge on any atom is -0.471 e. The molecule has 2 aromatic carbocycles. The van der Waals surface area contributed by atoms with Crippen LogP contribution in [-0.4, -0.2) is 18.7 Å². The molecule has 0 spiro atoms. The van der Waals surface area contributed by atoms with E-state index in [-0.39, 0.29) is 17.8 Å². The van der Waals surface area contributed by atoms with Crippen LogP contribution in [0.1, 0.15) is 25.0 Å². The molecule has 0 radical (unpaired) electrons. The van der Waals surface area contributed by atoms with Crippen molar-refractivity contribution in [1.29, 1.82) is 0 Å². The molecule has 3 aromatic rings. The van der Waals surface area contributed by atoms with Gasteiger partial charge in [0.25, 0.3) is 0 Å². The Kier molecular flexibility index (Phi) is 5.31. The van der Waals surface area contributed by atoms with Crippen molar-refractivity contribution < 1.29 is 18.7 Å². The van der Waals surface area contributed by atoms with Crippen LogP contribution in [0.15, 0.2) is 51.7 Å². The first kappa shape index (κ1) is 18.7. The van der Waals surface area contributed by atoms with Gasteiger partial charge in [0.05, 0.1) is 12.0 Å². The molecule has 3 rings (SSSR count). The van der Waals surface area contributed by atoms with Gasteiger partial charge in [-0.1, -0.05) is 35.9 Å². The summed E-state index contributed by atoms with van der Waals surface area (Å²) in [4.78, 5) is 25.1. The van der Waals surface area contributed by atoms with E-state index in [0.717, 1.165) is 11.1 Å². The molecule has 0 saturated heterocycles. The number of hydrogen-bond acceptors (Lipinski definition) is 5. The minimum absolute atomic E-state index is 0.00996. The summed E-state index contributed by atoms with van der Waals surface area (Å²) in [6.45, 7) is 7.41. The molecule has 1 aromatic heterocycles. The van der Waals surface area contributed by atoms with Crippen molar-refractivity contribution in [3.63, 3.8) is 0 Å². The lowest BCUT2D eigenvalue weighted by Crippen LogP contribution is -2.28. The fourth-order valence-electron chi connectivity index (χ4n) is 2.77. The number of rotatable bonds is 5. The van der Waals surface area contributed by atoms with E-state index in [1.165, 1.54) is 0 Å². The molecular formula is C22H22O5. The molecule has 0 aliphatic rings. The number of fused-ring (bicyclic) bond motifs is 1. The summed E-state index contributed by atoms with van der Waals surface area (Å²) in [7, 11) is 0. The Morgan fingerprint density at radius 1 is 1.07 bits per heavy atom. The first-order chi connectivity index (χ1) is 12.9. The Balaban J connectivity index is 2.19. The zero-order valence-electron chi connectivity index (χ0n) is 15.9. The van der Waals surface area contributed by atoms with Crippen LogP contribution in [0.25, 0.3) is 22.3 Å². The number of ether oxygens (including phenoxy) is 2. The lowest BCUT2D eigenvalue weighted by atomic mass is 10.1. The third-order valence-electron chi connectivity index (χ3n) is 4.23. The second-order valence-electron chi connectivity index (χ2n) is 6.47. The van der Waals surface area contributed by atoms with E-state index in [0.29, 0.717) is 22.3 Å². The van der Waals surface area contributed by atoms with E-state index in [4.69, 9.17) is 13.9 Å². The van der Waals surface area contributed by atoms with E-state index in [2.05, 4.69) is 0 Å². The molecule has 0 unspecified atom stereocenters. The number of carbonyl (C=O) groups excluding carboxylic acids is 1. The predicted octanol–water partition coefficient (Wildman–Crippen LogP) is 4.41. The van der Waals surface area contributed by atoms with E-state index >= 15 is 0 Å².